The molecule has 6 N–H and O–H groups in total. The fourth-order valence-corrected chi connectivity index (χ4v) is 3.36. The Hall–Kier alpha value is -1.65. The molecule has 0 spiro atoms. The molecule has 0 saturated carbocycles. The zero-order valence-corrected chi connectivity index (χ0v) is 16.8. The van der Waals surface area contributed by atoms with Gasteiger partial charge >= 0.3 is 0 Å². The van der Waals surface area contributed by atoms with Gasteiger partial charge in [-0.3, -0.25) is 5.14 Å². The van der Waals surface area contributed by atoms with E-state index in [9.17, 15) is 8.42 Å². The van der Waals surface area contributed by atoms with E-state index >= 15 is 0 Å². The summed E-state index contributed by atoms with van der Waals surface area (Å²) in [6.07, 6.45) is 1.92. The number of quaternary nitrogens is 1. The summed E-state index contributed by atoms with van der Waals surface area (Å²) in [5, 5.41) is 12.4. The van der Waals surface area contributed by atoms with Crippen molar-refractivity contribution in [1.29, 1.82) is 0 Å². The van der Waals surface area contributed by atoms with E-state index in [4.69, 9.17) is 22.1 Å². The molecule has 140 valence electrons. The van der Waals surface area contributed by atoms with Crippen LogP contribution in [0.15, 0.2) is 47.4 Å². The van der Waals surface area contributed by atoms with Crippen LogP contribution in [0.3, 0.4) is 0 Å². The first-order chi connectivity index (χ1) is 12.4. The van der Waals surface area contributed by atoms with Crippen LogP contribution < -0.4 is 20.3 Å². The van der Waals surface area contributed by atoms with Gasteiger partial charge in [-0.1, -0.05) is 43.8 Å². The van der Waals surface area contributed by atoms with E-state index in [0.29, 0.717) is 27.7 Å². The Labute approximate surface area is 163 Å². The van der Waals surface area contributed by atoms with Crippen molar-refractivity contribution >= 4 is 44.1 Å². The maximum atomic E-state index is 12.2. The molecular weight excluding hydrogens is 390 g/mol. The quantitative estimate of drug-likeness (QED) is 0.349. The first-order valence-corrected chi connectivity index (χ1v) is 10.9. The van der Waals surface area contributed by atoms with Crippen molar-refractivity contribution in [3.8, 4) is 11.5 Å². The molecule has 0 saturated heterocycles. The van der Waals surface area contributed by atoms with Crippen molar-refractivity contribution in [3.63, 3.8) is 0 Å². The second-order valence-corrected chi connectivity index (χ2v) is 8.42. The number of ether oxygens (including phenoxy) is 1. The molecule has 0 atom stereocenters. The fraction of sp³-hybridized carbons (Fsp3) is 0.235. The lowest BCUT2D eigenvalue weighted by molar-refractivity contribution is -0.133. The van der Waals surface area contributed by atoms with E-state index in [0.717, 1.165) is 24.8 Å². The number of thiocarbonyl (C=S) groups is 1. The van der Waals surface area contributed by atoms with Gasteiger partial charge in [0.25, 0.3) is 0 Å². The minimum atomic E-state index is -4.03. The van der Waals surface area contributed by atoms with Crippen molar-refractivity contribution in [2.24, 2.45) is 5.14 Å². The third-order valence-corrected chi connectivity index (χ3v) is 5.54. The summed E-state index contributed by atoms with van der Waals surface area (Å²) in [6, 6.07) is 12.1. The van der Waals surface area contributed by atoms with Crippen LogP contribution in [0.2, 0.25) is 0 Å². The van der Waals surface area contributed by atoms with Gasteiger partial charge in [-0.25, -0.2) is 13.6 Å². The number of hydrogen-bond donors (Lipinski definition) is 3. The average molecular weight is 413 g/mol. The number of sulfonamides is 1. The molecule has 0 fully saturated rings. The number of nitrogens with two attached hydrogens (primary N) is 1. The fourth-order valence-electron chi connectivity index (χ4n) is 2.26. The van der Waals surface area contributed by atoms with E-state index in [1.807, 2.05) is 6.07 Å². The lowest BCUT2D eigenvalue weighted by Crippen LogP contribution is -2.38. The zero-order valence-electron chi connectivity index (χ0n) is 14.4. The van der Waals surface area contributed by atoms with Gasteiger partial charge in [-0.15, -0.1) is 0 Å². The Bertz CT molecular complexity index is 872. The Morgan fingerprint density at radius 2 is 2.00 bits per heavy atom. The van der Waals surface area contributed by atoms with Crippen LogP contribution in [0.5, 0.6) is 11.5 Å². The summed E-state index contributed by atoms with van der Waals surface area (Å²) in [7, 11) is -4.03. The van der Waals surface area contributed by atoms with E-state index in [1.165, 1.54) is 6.07 Å². The van der Waals surface area contributed by atoms with Crippen molar-refractivity contribution in [1.82, 2.24) is 0 Å². The maximum Gasteiger partial charge on any atom is 0.241 e. The van der Waals surface area contributed by atoms with Gasteiger partial charge < -0.3 is 10.1 Å². The number of hydrogen-bond acceptors (Lipinski definition) is 6. The van der Waals surface area contributed by atoms with Crippen molar-refractivity contribution in [2.75, 3.05) is 11.9 Å². The monoisotopic (exact) mass is 412 g/mol. The number of primary sulfonamides is 1. The summed E-state index contributed by atoms with van der Waals surface area (Å²) in [5.41, 5.74) is 1.09. The highest BCUT2D eigenvalue weighted by Gasteiger charge is 2.23. The Morgan fingerprint density at radius 3 is 2.58 bits per heavy atom. The molecule has 0 aliphatic rings. The van der Waals surface area contributed by atoms with Gasteiger partial charge in [0, 0.05) is 12.1 Å². The van der Waals surface area contributed by atoms with Crippen LogP contribution in [0.4, 0.5) is 5.69 Å². The molecule has 0 amide bonds. The predicted molar refractivity (Wildman–Crippen MR) is 110 cm³/mol. The summed E-state index contributed by atoms with van der Waals surface area (Å²) < 4.78 is 30.7. The van der Waals surface area contributed by atoms with Gasteiger partial charge in [0.2, 0.25) is 10.0 Å². The van der Waals surface area contributed by atoms with Crippen LogP contribution in [-0.4, -0.2) is 19.2 Å². The number of unbranched alkanes of at least 4 members (excludes halogenated alkanes) is 1. The highest BCUT2D eigenvalue weighted by atomic mass is 32.2. The number of anilines is 1. The highest BCUT2D eigenvalue weighted by Crippen LogP contribution is 2.37. The van der Waals surface area contributed by atoms with Crippen molar-refractivity contribution in [2.45, 2.75) is 24.7 Å². The van der Waals surface area contributed by atoms with Crippen LogP contribution in [-0.2, 0) is 10.0 Å². The second kappa shape index (κ2) is 9.33. The normalized spacial score (nSPS) is 11.2. The topological polar surface area (TPSA) is 109 Å². The summed E-state index contributed by atoms with van der Waals surface area (Å²) in [4.78, 5) is -0.116. The SMILES string of the molecule is CCCCNc1cc(C(=S)S[NH3+])cc(S(N)(=O)=O)c1Oc1ccccc1. The van der Waals surface area contributed by atoms with E-state index in [-0.39, 0.29) is 10.6 Å². The Kier molecular flexibility index (Phi) is 7.42. The molecule has 6 nitrogen and oxygen atoms in total. The largest absolute Gasteiger partial charge is 0.454 e. The first-order valence-electron chi connectivity index (χ1n) is 8.00. The number of rotatable bonds is 8. The van der Waals surface area contributed by atoms with E-state index in [1.54, 1.807) is 30.3 Å². The Balaban J connectivity index is 2.60. The van der Waals surface area contributed by atoms with Crippen molar-refractivity contribution < 1.29 is 18.3 Å². The highest BCUT2D eigenvalue weighted by molar-refractivity contribution is 8.19. The standard InChI is InChI=1S/C17H21N3O3S3/c1-2-3-9-20-14-10-12(17(24)25-18)11-15(26(19,21)22)16(14)23-13-7-5-4-6-8-13/h4-8,10-11,20H,2-3,9,18H2,1H3,(H2,19,21,22)/p+1. The van der Waals surface area contributed by atoms with E-state index < -0.39 is 10.0 Å². The van der Waals surface area contributed by atoms with Gasteiger partial charge in [0.05, 0.1) is 5.69 Å². The van der Waals surface area contributed by atoms with Crippen LogP contribution in [0.25, 0.3) is 0 Å². The molecule has 0 radical (unpaired) electrons. The smallest absolute Gasteiger partial charge is 0.241 e. The van der Waals surface area contributed by atoms with Gasteiger partial charge in [0.1, 0.15) is 26.8 Å². The summed E-state index contributed by atoms with van der Waals surface area (Å²) >= 11 is 6.39. The van der Waals surface area contributed by atoms with Crippen LogP contribution >= 0.6 is 24.2 Å². The molecule has 2 aromatic carbocycles. The third-order valence-electron chi connectivity index (χ3n) is 3.54. The van der Waals surface area contributed by atoms with Gasteiger partial charge in [-0.2, -0.15) is 0 Å². The molecule has 0 aliphatic heterocycles. The van der Waals surface area contributed by atoms with Crippen LogP contribution in [0, 0.1) is 0 Å². The van der Waals surface area contributed by atoms with E-state index in [2.05, 4.69) is 17.4 Å². The second-order valence-electron chi connectivity index (χ2n) is 5.52. The minimum absolute atomic E-state index is 0.116. The zero-order chi connectivity index (χ0) is 19.2. The summed E-state index contributed by atoms with van der Waals surface area (Å²) in [6.45, 7) is 2.74. The predicted octanol–water partition coefficient (Wildman–Crippen LogP) is 2.90. The lowest BCUT2D eigenvalue weighted by atomic mass is 10.2. The molecule has 0 heterocycles. The van der Waals surface area contributed by atoms with Gasteiger partial charge in [0.15, 0.2) is 5.75 Å². The lowest BCUT2D eigenvalue weighted by Gasteiger charge is -2.17. The van der Waals surface area contributed by atoms with Crippen LogP contribution in [0.1, 0.15) is 25.3 Å². The number of nitrogens with one attached hydrogen (secondary N) is 1. The van der Waals surface area contributed by atoms with Gasteiger partial charge in [-0.05, 0) is 30.7 Å². The molecular formula is C17H22N3O3S3+. The molecule has 2 rings (SSSR count). The molecule has 9 heteroatoms. The molecule has 2 aromatic rings. The third kappa shape index (κ3) is 5.42. The molecule has 0 aromatic heterocycles. The molecule has 0 bridgehead atoms. The number of benzene rings is 2. The average Bonchev–Trinajstić information content (AvgIpc) is 2.62. The summed E-state index contributed by atoms with van der Waals surface area (Å²) in [5.74, 6) is 0.674. The molecule has 0 unspecified atom stereocenters. The molecule has 26 heavy (non-hydrogen) atoms. The molecule has 0 aliphatic carbocycles. The number of para-hydroxylation sites is 1. The van der Waals surface area contributed by atoms with Crippen molar-refractivity contribution in [3.05, 3.63) is 48.0 Å². The minimum Gasteiger partial charge on any atom is -0.454 e. The maximum absolute atomic E-state index is 12.2. The first kappa shape index (κ1) is 20.7. The Morgan fingerprint density at radius 1 is 1.31 bits per heavy atom.